The molecule has 3 nitrogen and oxygen atoms in total. The fourth-order valence-corrected chi connectivity index (χ4v) is 1.69. The highest BCUT2D eigenvalue weighted by molar-refractivity contribution is 6.31. The highest BCUT2D eigenvalue weighted by Gasteiger charge is 2.09. The van der Waals surface area contributed by atoms with Crippen molar-refractivity contribution in [2.24, 2.45) is 0 Å². The molecule has 0 saturated carbocycles. The molecule has 0 spiro atoms. The van der Waals surface area contributed by atoms with Gasteiger partial charge in [-0.1, -0.05) is 24.6 Å². The van der Waals surface area contributed by atoms with Crippen LogP contribution in [0.2, 0.25) is 5.02 Å². The number of benzene rings is 1. The van der Waals surface area contributed by atoms with E-state index >= 15 is 0 Å². The quantitative estimate of drug-likeness (QED) is 0.766. The first-order valence-electron chi connectivity index (χ1n) is 5.90. The monoisotopic (exact) mass is 254 g/mol. The lowest BCUT2D eigenvalue weighted by Gasteiger charge is -2.09. The van der Waals surface area contributed by atoms with Crippen LogP contribution in [-0.4, -0.2) is 25.5 Å². The minimum Gasteiger partial charge on any atom is -0.351 e. The van der Waals surface area contributed by atoms with Gasteiger partial charge in [0.15, 0.2) is 0 Å². The topological polar surface area (TPSA) is 41.1 Å². The van der Waals surface area contributed by atoms with Crippen molar-refractivity contribution in [3.8, 4) is 0 Å². The van der Waals surface area contributed by atoms with Gasteiger partial charge >= 0.3 is 0 Å². The zero-order valence-electron chi connectivity index (χ0n) is 10.3. The van der Waals surface area contributed by atoms with Crippen LogP contribution in [0.4, 0.5) is 0 Å². The smallest absolute Gasteiger partial charge is 0.251 e. The largest absolute Gasteiger partial charge is 0.351 e. The molecular weight excluding hydrogens is 236 g/mol. The van der Waals surface area contributed by atoms with E-state index in [1.807, 2.05) is 6.92 Å². The van der Waals surface area contributed by atoms with Crippen molar-refractivity contribution < 1.29 is 4.79 Å². The van der Waals surface area contributed by atoms with Gasteiger partial charge in [0, 0.05) is 23.7 Å². The summed E-state index contributed by atoms with van der Waals surface area (Å²) < 4.78 is 0. The third-order valence-electron chi connectivity index (χ3n) is 2.53. The Morgan fingerprint density at radius 1 is 1.29 bits per heavy atom. The Hall–Kier alpha value is -1.06. The molecule has 1 aromatic rings. The van der Waals surface area contributed by atoms with Crippen LogP contribution < -0.4 is 10.6 Å². The lowest BCUT2D eigenvalue weighted by atomic mass is 10.1. The van der Waals surface area contributed by atoms with Gasteiger partial charge in [-0.3, -0.25) is 4.79 Å². The Morgan fingerprint density at radius 3 is 2.76 bits per heavy atom. The van der Waals surface area contributed by atoms with Gasteiger partial charge in [0.25, 0.3) is 5.91 Å². The summed E-state index contributed by atoms with van der Waals surface area (Å²) in [5, 5.41) is 6.72. The zero-order valence-corrected chi connectivity index (χ0v) is 11.1. The molecule has 2 N–H and O–H groups in total. The van der Waals surface area contributed by atoms with Crippen LogP contribution in [-0.2, 0) is 0 Å². The SMILES string of the molecule is CCCNCCNC(=O)c1cccc(Cl)c1C. The lowest BCUT2D eigenvalue weighted by molar-refractivity contribution is 0.0953. The number of hydrogen-bond donors (Lipinski definition) is 2. The molecule has 1 aromatic carbocycles. The van der Waals surface area contributed by atoms with Crippen molar-refractivity contribution in [1.29, 1.82) is 0 Å². The molecule has 0 aromatic heterocycles. The summed E-state index contributed by atoms with van der Waals surface area (Å²) in [5.74, 6) is -0.0664. The van der Waals surface area contributed by atoms with Crippen molar-refractivity contribution in [2.45, 2.75) is 20.3 Å². The number of carbonyl (C=O) groups is 1. The fourth-order valence-electron chi connectivity index (χ4n) is 1.51. The van der Waals surface area contributed by atoms with Gasteiger partial charge < -0.3 is 10.6 Å². The average Bonchev–Trinajstić information content (AvgIpc) is 2.32. The average molecular weight is 255 g/mol. The van der Waals surface area contributed by atoms with Crippen molar-refractivity contribution in [1.82, 2.24) is 10.6 Å². The van der Waals surface area contributed by atoms with Gasteiger partial charge in [-0.05, 0) is 37.6 Å². The second-order valence-corrected chi connectivity index (χ2v) is 4.33. The van der Waals surface area contributed by atoms with Crippen molar-refractivity contribution in [2.75, 3.05) is 19.6 Å². The second-order valence-electron chi connectivity index (χ2n) is 3.92. The Balaban J connectivity index is 2.44. The molecule has 0 saturated heterocycles. The molecule has 0 heterocycles. The molecule has 0 aliphatic carbocycles. The molecule has 0 aliphatic heterocycles. The Labute approximate surface area is 108 Å². The van der Waals surface area contributed by atoms with Crippen LogP contribution in [0.5, 0.6) is 0 Å². The minimum absolute atomic E-state index is 0.0664. The van der Waals surface area contributed by atoms with E-state index < -0.39 is 0 Å². The Kier molecular flexibility index (Phi) is 6.01. The molecule has 1 amide bonds. The van der Waals surface area contributed by atoms with Gasteiger partial charge in [-0.2, -0.15) is 0 Å². The predicted molar refractivity (Wildman–Crippen MR) is 71.7 cm³/mol. The van der Waals surface area contributed by atoms with E-state index in [1.54, 1.807) is 18.2 Å². The maximum atomic E-state index is 11.9. The van der Waals surface area contributed by atoms with Crippen molar-refractivity contribution in [3.63, 3.8) is 0 Å². The number of amides is 1. The van der Waals surface area contributed by atoms with Gasteiger partial charge in [0.05, 0.1) is 0 Å². The van der Waals surface area contributed by atoms with E-state index in [4.69, 9.17) is 11.6 Å². The van der Waals surface area contributed by atoms with Gasteiger partial charge in [0.1, 0.15) is 0 Å². The van der Waals surface area contributed by atoms with Gasteiger partial charge in [-0.25, -0.2) is 0 Å². The van der Waals surface area contributed by atoms with Crippen LogP contribution in [0.3, 0.4) is 0 Å². The van der Waals surface area contributed by atoms with Gasteiger partial charge in [0.2, 0.25) is 0 Å². The van der Waals surface area contributed by atoms with Gasteiger partial charge in [-0.15, -0.1) is 0 Å². The summed E-state index contributed by atoms with van der Waals surface area (Å²) in [5.41, 5.74) is 1.47. The Morgan fingerprint density at radius 2 is 2.06 bits per heavy atom. The molecule has 0 fully saturated rings. The summed E-state index contributed by atoms with van der Waals surface area (Å²) >= 11 is 5.97. The number of halogens is 1. The molecule has 0 radical (unpaired) electrons. The van der Waals surface area contributed by atoms with Crippen LogP contribution in [0.15, 0.2) is 18.2 Å². The molecule has 0 atom stereocenters. The first-order chi connectivity index (χ1) is 8.16. The summed E-state index contributed by atoms with van der Waals surface area (Å²) in [6.07, 6.45) is 1.10. The van der Waals surface area contributed by atoms with E-state index in [-0.39, 0.29) is 5.91 Å². The molecule has 17 heavy (non-hydrogen) atoms. The standard InChI is InChI=1S/C13H19ClN2O/c1-3-7-15-8-9-16-13(17)11-5-4-6-12(14)10(11)2/h4-6,15H,3,7-9H2,1-2H3,(H,16,17). The third-order valence-corrected chi connectivity index (χ3v) is 2.94. The normalized spacial score (nSPS) is 10.3. The molecule has 1 rings (SSSR count). The van der Waals surface area contributed by atoms with Crippen LogP contribution >= 0.6 is 11.6 Å². The van der Waals surface area contributed by atoms with Crippen LogP contribution in [0.1, 0.15) is 29.3 Å². The van der Waals surface area contributed by atoms with Crippen LogP contribution in [0, 0.1) is 6.92 Å². The minimum atomic E-state index is -0.0664. The highest BCUT2D eigenvalue weighted by atomic mass is 35.5. The molecule has 0 bridgehead atoms. The lowest BCUT2D eigenvalue weighted by Crippen LogP contribution is -2.32. The summed E-state index contributed by atoms with van der Waals surface area (Å²) in [4.78, 5) is 11.9. The summed E-state index contributed by atoms with van der Waals surface area (Å²) in [6.45, 7) is 6.36. The molecule has 4 heteroatoms. The van der Waals surface area contributed by atoms with E-state index in [9.17, 15) is 4.79 Å². The van der Waals surface area contributed by atoms with Crippen LogP contribution in [0.25, 0.3) is 0 Å². The first kappa shape index (κ1) is 14.0. The fraction of sp³-hybridized carbons (Fsp3) is 0.462. The third kappa shape index (κ3) is 4.36. The van der Waals surface area contributed by atoms with E-state index in [1.165, 1.54) is 0 Å². The second kappa shape index (κ2) is 7.30. The molecule has 0 unspecified atom stereocenters. The number of rotatable bonds is 6. The molecule has 94 valence electrons. The zero-order chi connectivity index (χ0) is 12.7. The maximum Gasteiger partial charge on any atom is 0.251 e. The Bertz CT molecular complexity index is 380. The van der Waals surface area contributed by atoms with E-state index in [0.717, 1.165) is 25.1 Å². The highest BCUT2D eigenvalue weighted by Crippen LogP contribution is 2.18. The number of nitrogens with one attached hydrogen (secondary N) is 2. The summed E-state index contributed by atoms with van der Waals surface area (Å²) in [6, 6.07) is 5.37. The number of carbonyl (C=O) groups excluding carboxylic acids is 1. The molecule has 0 aliphatic rings. The predicted octanol–water partition coefficient (Wildman–Crippen LogP) is 2.38. The van der Waals surface area contributed by atoms with Crippen molar-refractivity contribution in [3.05, 3.63) is 34.3 Å². The maximum absolute atomic E-state index is 11.9. The summed E-state index contributed by atoms with van der Waals surface area (Å²) in [7, 11) is 0. The van der Waals surface area contributed by atoms with E-state index in [0.29, 0.717) is 17.1 Å². The molecular formula is C13H19ClN2O. The number of hydrogen-bond acceptors (Lipinski definition) is 2. The first-order valence-corrected chi connectivity index (χ1v) is 6.28. The van der Waals surface area contributed by atoms with Crippen molar-refractivity contribution >= 4 is 17.5 Å². The van der Waals surface area contributed by atoms with E-state index in [2.05, 4.69) is 17.6 Å².